The third kappa shape index (κ3) is 2.80. The number of hydrogen-bond donors (Lipinski definition) is 1. The second-order valence-corrected chi connectivity index (χ2v) is 6.35. The molecule has 7 nitrogen and oxygen atoms in total. The average molecular weight is 369 g/mol. The number of aromatic nitrogens is 2. The molecule has 0 saturated carbocycles. The van der Waals surface area contributed by atoms with Gasteiger partial charge in [0.05, 0.1) is 21.2 Å². The molecule has 0 amide bonds. The molecular weight excluding hydrogens is 352 g/mol. The summed E-state index contributed by atoms with van der Waals surface area (Å²) in [5.41, 5.74) is 2.01. The first-order valence-corrected chi connectivity index (χ1v) is 7.96. The van der Waals surface area contributed by atoms with E-state index in [4.69, 9.17) is 4.74 Å². The van der Waals surface area contributed by atoms with Crippen LogP contribution >= 0.6 is 15.9 Å². The highest BCUT2D eigenvalue weighted by Gasteiger charge is 2.23. The SMILES string of the molecule is Cn1cnc2c(NCC3CCOCC3)c([N+](=O)[O-])cc(Br)c21. The first-order chi connectivity index (χ1) is 10.6. The number of anilines is 1. The zero-order valence-corrected chi connectivity index (χ0v) is 13.8. The van der Waals surface area contributed by atoms with E-state index in [1.54, 1.807) is 6.33 Å². The number of rotatable bonds is 4. The highest BCUT2D eigenvalue weighted by Crippen LogP contribution is 2.37. The summed E-state index contributed by atoms with van der Waals surface area (Å²) in [5.74, 6) is 0.468. The zero-order valence-electron chi connectivity index (χ0n) is 12.2. The van der Waals surface area contributed by atoms with Crippen molar-refractivity contribution >= 4 is 38.3 Å². The third-order valence-corrected chi connectivity index (χ3v) is 4.63. The van der Waals surface area contributed by atoms with E-state index in [0.29, 0.717) is 28.1 Å². The van der Waals surface area contributed by atoms with Crippen LogP contribution in [0.25, 0.3) is 11.0 Å². The number of aryl methyl sites for hydroxylation is 1. The number of nitro benzene ring substituents is 1. The Morgan fingerprint density at radius 2 is 2.27 bits per heavy atom. The van der Waals surface area contributed by atoms with E-state index in [2.05, 4.69) is 26.2 Å². The van der Waals surface area contributed by atoms with Gasteiger partial charge in [-0.15, -0.1) is 0 Å². The number of nitrogens with zero attached hydrogens (tertiary/aromatic N) is 3. The van der Waals surface area contributed by atoms with Crippen molar-refractivity contribution in [2.24, 2.45) is 13.0 Å². The van der Waals surface area contributed by atoms with Crippen molar-refractivity contribution in [3.05, 3.63) is 27.0 Å². The van der Waals surface area contributed by atoms with E-state index in [0.717, 1.165) is 31.6 Å². The molecular formula is C14H17BrN4O3. The predicted molar refractivity (Wildman–Crippen MR) is 87.1 cm³/mol. The molecule has 8 heteroatoms. The number of nitro groups is 1. The summed E-state index contributed by atoms with van der Waals surface area (Å²) >= 11 is 3.40. The molecule has 3 rings (SSSR count). The first-order valence-electron chi connectivity index (χ1n) is 7.17. The number of imidazole rings is 1. The maximum Gasteiger partial charge on any atom is 0.295 e. The summed E-state index contributed by atoms with van der Waals surface area (Å²) in [4.78, 5) is 15.3. The summed E-state index contributed by atoms with van der Waals surface area (Å²) < 4.78 is 7.87. The van der Waals surface area contributed by atoms with Crippen LogP contribution in [0.4, 0.5) is 11.4 Å². The average Bonchev–Trinajstić information content (AvgIpc) is 2.90. The normalized spacial score (nSPS) is 16.1. The van der Waals surface area contributed by atoms with E-state index in [1.165, 1.54) is 6.07 Å². The van der Waals surface area contributed by atoms with Gasteiger partial charge in [-0.05, 0) is 34.7 Å². The standard InChI is InChI=1S/C14H17BrN4O3/c1-18-8-17-13-12(16-7-9-2-4-22-5-3-9)11(19(20)21)6-10(15)14(13)18/h6,8-9,16H,2-5,7H2,1H3. The highest BCUT2D eigenvalue weighted by molar-refractivity contribution is 9.10. The Morgan fingerprint density at radius 1 is 1.55 bits per heavy atom. The van der Waals surface area contributed by atoms with Crippen LogP contribution in [0.3, 0.4) is 0 Å². The van der Waals surface area contributed by atoms with Gasteiger partial charge in [0.2, 0.25) is 0 Å². The number of ether oxygens (including phenoxy) is 1. The maximum absolute atomic E-state index is 11.4. The zero-order chi connectivity index (χ0) is 15.7. The summed E-state index contributed by atoms with van der Waals surface area (Å²) in [6.45, 7) is 2.21. The smallest absolute Gasteiger partial charge is 0.295 e. The van der Waals surface area contributed by atoms with E-state index >= 15 is 0 Å². The number of benzene rings is 1. The monoisotopic (exact) mass is 368 g/mol. The fraction of sp³-hybridized carbons (Fsp3) is 0.500. The summed E-state index contributed by atoms with van der Waals surface area (Å²) in [6.07, 6.45) is 3.62. The van der Waals surface area contributed by atoms with Crippen LogP contribution in [0, 0.1) is 16.0 Å². The van der Waals surface area contributed by atoms with Gasteiger partial charge in [0.25, 0.3) is 5.69 Å². The van der Waals surface area contributed by atoms with Crippen LogP contribution in [0.15, 0.2) is 16.9 Å². The molecule has 1 saturated heterocycles. The van der Waals surface area contributed by atoms with Gasteiger partial charge in [-0.3, -0.25) is 10.1 Å². The van der Waals surface area contributed by atoms with Gasteiger partial charge in [0.1, 0.15) is 11.2 Å². The van der Waals surface area contributed by atoms with Crippen LogP contribution < -0.4 is 5.32 Å². The fourth-order valence-corrected chi connectivity index (χ4v) is 3.48. The van der Waals surface area contributed by atoms with Crippen LogP contribution in [-0.2, 0) is 11.8 Å². The minimum atomic E-state index is -0.370. The van der Waals surface area contributed by atoms with Gasteiger partial charge in [0, 0.05) is 32.9 Å². The summed E-state index contributed by atoms with van der Waals surface area (Å²) in [5, 5.41) is 14.6. The Balaban J connectivity index is 1.96. The summed E-state index contributed by atoms with van der Waals surface area (Å²) in [6, 6.07) is 1.54. The topological polar surface area (TPSA) is 82.2 Å². The van der Waals surface area contributed by atoms with Gasteiger partial charge in [-0.1, -0.05) is 0 Å². The Kier molecular flexibility index (Phi) is 4.30. The molecule has 0 unspecified atom stereocenters. The molecule has 1 aromatic heterocycles. The molecule has 0 aliphatic carbocycles. The first kappa shape index (κ1) is 15.2. The molecule has 0 spiro atoms. The van der Waals surface area contributed by atoms with Crippen molar-refractivity contribution < 1.29 is 9.66 Å². The van der Waals surface area contributed by atoms with Crippen molar-refractivity contribution in [1.29, 1.82) is 0 Å². The molecule has 1 fully saturated rings. The van der Waals surface area contributed by atoms with Crippen molar-refractivity contribution in [3.63, 3.8) is 0 Å². The van der Waals surface area contributed by atoms with E-state index in [9.17, 15) is 10.1 Å². The van der Waals surface area contributed by atoms with Gasteiger partial charge >= 0.3 is 0 Å². The lowest BCUT2D eigenvalue weighted by Crippen LogP contribution is -2.23. The van der Waals surface area contributed by atoms with Crippen LogP contribution in [-0.4, -0.2) is 34.2 Å². The molecule has 1 aromatic carbocycles. The Hall–Kier alpha value is -1.67. The Labute approximate surface area is 135 Å². The molecule has 1 N–H and O–H groups in total. The summed E-state index contributed by atoms with van der Waals surface area (Å²) in [7, 11) is 1.87. The lowest BCUT2D eigenvalue weighted by atomic mass is 10.0. The number of fused-ring (bicyclic) bond motifs is 1. The van der Waals surface area contributed by atoms with Crippen LogP contribution in [0.5, 0.6) is 0 Å². The number of nitrogens with one attached hydrogen (secondary N) is 1. The van der Waals surface area contributed by atoms with E-state index < -0.39 is 0 Å². The quantitative estimate of drug-likeness (QED) is 0.662. The highest BCUT2D eigenvalue weighted by atomic mass is 79.9. The third-order valence-electron chi connectivity index (χ3n) is 4.02. The maximum atomic E-state index is 11.4. The second-order valence-electron chi connectivity index (χ2n) is 5.50. The molecule has 0 atom stereocenters. The second kappa shape index (κ2) is 6.21. The number of hydrogen-bond acceptors (Lipinski definition) is 5. The minimum Gasteiger partial charge on any atom is -0.381 e. The predicted octanol–water partition coefficient (Wildman–Crippen LogP) is 3.08. The van der Waals surface area contributed by atoms with Crippen molar-refractivity contribution in [3.8, 4) is 0 Å². The van der Waals surface area contributed by atoms with E-state index in [-0.39, 0.29) is 10.6 Å². The fourth-order valence-electron chi connectivity index (χ4n) is 2.79. The van der Waals surface area contributed by atoms with Crippen molar-refractivity contribution in [2.45, 2.75) is 12.8 Å². The van der Waals surface area contributed by atoms with Crippen molar-refractivity contribution in [2.75, 3.05) is 25.1 Å². The molecule has 0 radical (unpaired) electrons. The Bertz CT molecular complexity index is 710. The van der Waals surface area contributed by atoms with Gasteiger partial charge in [0.15, 0.2) is 0 Å². The molecule has 0 bridgehead atoms. The molecule has 1 aliphatic rings. The molecule has 1 aliphatic heterocycles. The lowest BCUT2D eigenvalue weighted by molar-refractivity contribution is -0.383. The molecule has 22 heavy (non-hydrogen) atoms. The van der Waals surface area contributed by atoms with E-state index in [1.807, 2.05) is 11.6 Å². The van der Waals surface area contributed by atoms with Crippen LogP contribution in [0.1, 0.15) is 12.8 Å². The lowest BCUT2D eigenvalue weighted by Gasteiger charge is -2.22. The van der Waals surface area contributed by atoms with Crippen LogP contribution in [0.2, 0.25) is 0 Å². The van der Waals surface area contributed by atoms with Gasteiger partial charge in [-0.2, -0.15) is 0 Å². The molecule has 2 aromatic rings. The van der Waals surface area contributed by atoms with Gasteiger partial charge < -0.3 is 14.6 Å². The molecule has 2 heterocycles. The largest absolute Gasteiger partial charge is 0.381 e. The molecule has 118 valence electrons. The van der Waals surface area contributed by atoms with Crippen molar-refractivity contribution in [1.82, 2.24) is 9.55 Å². The van der Waals surface area contributed by atoms with Gasteiger partial charge in [-0.25, -0.2) is 4.98 Å². The minimum absolute atomic E-state index is 0.0464. The Morgan fingerprint density at radius 3 is 2.95 bits per heavy atom. The number of halogens is 1.